The Bertz CT molecular complexity index is 533. The van der Waals surface area contributed by atoms with Crippen LogP contribution in [0.3, 0.4) is 0 Å². The number of hydrazine groups is 1. The van der Waals surface area contributed by atoms with Crippen molar-refractivity contribution in [1.29, 1.82) is 0 Å². The average Bonchev–Trinajstić information content (AvgIpc) is 2.52. The molecule has 1 heterocycles. The van der Waals surface area contributed by atoms with E-state index in [9.17, 15) is 18.8 Å². The molecule has 1 aromatic carbocycles. The number of hydrogen-bond acceptors (Lipinski definition) is 3. The third-order valence-corrected chi connectivity index (χ3v) is 3.42. The van der Waals surface area contributed by atoms with E-state index in [4.69, 9.17) is 0 Å². The van der Waals surface area contributed by atoms with Crippen molar-refractivity contribution < 1.29 is 18.8 Å². The van der Waals surface area contributed by atoms with E-state index in [2.05, 4.69) is 10.9 Å². The van der Waals surface area contributed by atoms with Gasteiger partial charge in [0.2, 0.25) is 12.3 Å². The summed E-state index contributed by atoms with van der Waals surface area (Å²) in [5.74, 6) is -1.31. The maximum absolute atomic E-state index is 12.9. The summed E-state index contributed by atoms with van der Waals surface area (Å²) in [6, 6.07) is 5.31. The molecule has 2 rings (SSSR count). The molecule has 1 fully saturated rings. The largest absolute Gasteiger partial charge is 0.338 e. The van der Waals surface area contributed by atoms with Crippen LogP contribution in [-0.2, 0) is 9.59 Å². The van der Waals surface area contributed by atoms with Gasteiger partial charge in [0, 0.05) is 18.7 Å². The third kappa shape index (κ3) is 3.77. The number of rotatable bonds is 4. The van der Waals surface area contributed by atoms with Crippen LogP contribution in [0.25, 0.3) is 0 Å². The molecule has 1 aromatic rings. The quantitative estimate of drug-likeness (QED) is 0.625. The number of hydrogen-bond donors (Lipinski definition) is 2. The fourth-order valence-corrected chi connectivity index (χ4v) is 2.35. The topological polar surface area (TPSA) is 78.5 Å². The van der Waals surface area contributed by atoms with Crippen molar-refractivity contribution in [1.82, 2.24) is 15.8 Å². The van der Waals surface area contributed by atoms with Gasteiger partial charge in [-0.05, 0) is 37.1 Å². The molecule has 0 radical (unpaired) electrons. The van der Waals surface area contributed by atoms with Crippen LogP contribution in [0.2, 0.25) is 0 Å². The maximum atomic E-state index is 12.9. The van der Waals surface area contributed by atoms with E-state index >= 15 is 0 Å². The van der Waals surface area contributed by atoms with E-state index in [1.807, 2.05) is 0 Å². The lowest BCUT2D eigenvalue weighted by Crippen LogP contribution is -2.48. The highest BCUT2D eigenvalue weighted by Gasteiger charge is 2.28. The van der Waals surface area contributed by atoms with Crippen molar-refractivity contribution in [2.75, 3.05) is 13.1 Å². The highest BCUT2D eigenvalue weighted by Crippen LogP contribution is 2.19. The first-order valence-electron chi connectivity index (χ1n) is 6.65. The van der Waals surface area contributed by atoms with E-state index in [-0.39, 0.29) is 24.3 Å². The van der Waals surface area contributed by atoms with Crippen molar-refractivity contribution in [3.63, 3.8) is 0 Å². The van der Waals surface area contributed by atoms with Crippen LogP contribution in [0.5, 0.6) is 0 Å². The lowest BCUT2D eigenvalue weighted by atomic mass is 9.96. The number of carbonyl (C=O) groups excluding carboxylic acids is 3. The molecule has 1 aliphatic rings. The summed E-state index contributed by atoms with van der Waals surface area (Å²) < 4.78 is 12.9. The number of amides is 3. The van der Waals surface area contributed by atoms with Crippen LogP contribution >= 0.6 is 0 Å². The summed E-state index contributed by atoms with van der Waals surface area (Å²) >= 11 is 0. The van der Waals surface area contributed by atoms with Crippen LogP contribution < -0.4 is 10.9 Å². The molecule has 0 bridgehead atoms. The summed E-state index contributed by atoms with van der Waals surface area (Å²) in [7, 11) is 0. The standard InChI is InChI=1S/C14H16FN3O3/c15-12-5-3-10(4-6-12)14(21)18-7-1-2-11(8-18)13(20)17-16-9-19/h3-6,9,11H,1-2,7-8H2,(H,16,19)(H,17,20)/t11-/m0/s1. The van der Waals surface area contributed by atoms with Gasteiger partial charge in [0.1, 0.15) is 5.82 Å². The van der Waals surface area contributed by atoms with Gasteiger partial charge in [0.15, 0.2) is 0 Å². The molecule has 0 aliphatic carbocycles. The van der Waals surface area contributed by atoms with Crippen molar-refractivity contribution in [2.24, 2.45) is 5.92 Å². The van der Waals surface area contributed by atoms with Gasteiger partial charge in [-0.2, -0.15) is 0 Å². The molecule has 1 aliphatic heterocycles. The molecular weight excluding hydrogens is 277 g/mol. The maximum Gasteiger partial charge on any atom is 0.253 e. The minimum Gasteiger partial charge on any atom is -0.338 e. The summed E-state index contributed by atoms with van der Waals surface area (Å²) in [6.45, 7) is 0.837. The average molecular weight is 293 g/mol. The van der Waals surface area contributed by atoms with Crippen molar-refractivity contribution in [3.8, 4) is 0 Å². The van der Waals surface area contributed by atoms with E-state index < -0.39 is 5.82 Å². The first-order valence-corrected chi connectivity index (χ1v) is 6.65. The molecular formula is C14H16FN3O3. The minimum absolute atomic E-state index is 0.226. The van der Waals surface area contributed by atoms with E-state index in [0.717, 1.165) is 0 Å². The van der Waals surface area contributed by atoms with Crippen LogP contribution in [0.4, 0.5) is 4.39 Å². The molecule has 7 heteroatoms. The molecule has 21 heavy (non-hydrogen) atoms. The van der Waals surface area contributed by atoms with Gasteiger partial charge in [-0.15, -0.1) is 0 Å². The normalized spacial score (nSPS) is 18.0. The monoisotopic (exact) mass is 293 g/mol. The number of benzene rings is 1. The summed E-state index contributed by atoms with van der Waals surface area (Å²) in [6.07, 6.45) is 1.73. The summed E-state index contributed by atoms with van der Waals surface area (Å²) in [5, 5.41) is 0. The van der Waals surface area contributed by atoms with E-state index in [0.29, 0.717) is 31.4 Å². The van der Waals surface area contributed by atoms with Crippen LogP contribution in [0, 0.1) is 11.7 Å². The Kier molecular flexibility index (Phi) is 4.86. The van der Waals surface area contributed by atoms with Crippen molar-refractivity contribution >= 4 is 18.2 Å². The van der Waals surface area contributed by atoms with Gasteiger partial charge in [-0.1, -0.05) is 0 Å². The van der Waals surface area contributed by atoms with Crippen LogP contribution in [0.15, 0.2) is 24.3 Å². The van der Waals surface area contributed by atoms with E-state index in [1.165, 1.54) is 24.3 Å². The highest BCUT2D eigenvalue weighted by atomic mass is 19.1. The Labute approximate surface area is 121 Å². The van der Waals surface area contributed by atoms with Gasteiger partial charge in [-0.25, -0.2) is 4.39 Å². The Morgan fingerprint density at radius 3 is 2.67 bits per heavy atom. The Morgan fingerprint density at radius 1 is 1.29 bits per heavy atom. The second-order valence-electron chi connectivity index (χ2n) is 4.85. The van der Waals surface area contributed by atoms with Crippen LogP contribution in [-0.4, -0.2) is 36.2 Å². The highest BCUT2D eigenvalue weighted by molar-refractivity contribution is 5.94. The smallest absolute Gasteiger partial charge is 0.253 e. The summed E-state index contributed by atoms with van der Waals surface area (Å²) in [5.41, 5.74) is 4.76. The van der Waals surface area contributed by atoms with Crippen molar-refractivity contribution in [2.45, 2.75) is 12.8 Å². The number of piperidine rings is 1. The lowest BCUT2D eigenvalue weighted by Gasteiger charge is -2.32. The third-order valence-electron chi connectivity index (χ3n) is 3.42. The number of halogens is 1. The molecule has 112 valence electrons. The second kappa shape index (κ2) is 6.83. The van der Waals surface area contributed by atoms with E-state index in [1.54, 1.807) is 4.90 Å². The SMILES string of the molecule is O=CNNC(=O)[C@H]1CCCN(C(=O)c2ccc(F)cc2)C1. The minimum atomic E-state index is -0.401. The Hall–Kier alpha value is -2.44. The van der Waals surface area contributed by atoms with Crippen molar-refractivity contribution in [3.05, 3.63) is 35.6 Å². The molecule has 0 unspecified atom stereocenters. The molecule has 0 aromatic heterocycles. The number of carbonyl (C=O) groups is 3. The lowest BCUT2D eigenvalue weighted by molar-refractivity contribution is -0.129. The summed E-state index contributed by atoms with van der Waals surface area (Å²) in [4.78, 5) is 35.8. The molecule has 6 nitrogen and oxygen atoms in total. The molecule has 1 saturated heterocycles. The predicted octanol–water partition coefficient (Wildman–Crippen LogP) is 0.455. The Balaban J connectivity index is 2.00. The zero-order valence-corrected chi connectivity index (χ0v) is 11.3. The second-order valence-corrected chi connectivity index (χ2v) is 4.85. The number of nitrogens with zero attached hydrogens (tertiary/aromatic N) is 1. The zero-order chi connectivity index (χ0) is 15.2. The number of nitrogens with one attached hydrogen (secondary N) is 2. The first-order chi connectivity index (χ1) is 10.1. The van der Waals surface area contributed by atoms with Gasteiger partial charge in [-0.3, -0.25) is 25.2 Å². The molecule has 3 amide bonds. The predicted molar refractivity (Wildman–Crippen MR) is 72.4 cm³/mol. The molecule has 2 N–H and O–H groups in total. The molecule has 0 spiro atoms. The van der Waals surface area contributed by atoms with Gasteiger partial charge >= 0.3 is 0 Å². The van der Waals surface area contributed by atoms with Gasteiger partial charge in [0.05, 0.1) is 5.92 Å². The fraction of sp³-hybridized carbons (Fsp3) is 0.357. The fourth-order valence-electron chi connectivity index (χ4n) is 2.35. The Morgan fingerprint density at radius 2 is 2.00 bits per heavy atom. The van der Waals surface area contributed by atoms with Gasteiger partial charge < -0.3 is 4.90 Å². The first kappa shape index (κ1) is 15.0. The molecule has 0 saturated carbocycles. The molecule has 1 atom stereocenters. The van der Waals surface area contributed by atoms with Crippen LogP contribution in [0.1, 0.15) is 23.2 Å². The van der Waals surface area contributed by atoms with Gasteiger partial charge in [0.25, 0.3) is 5.91 Å². The number of likely N-dealkylation sites (tertiary alicyclic amines) is 1. The zero-order valence-electron chi connectivity index (χ0n) is 11.3.